The molecule has 0 saturated carbocycles. The first-order valence-corrected chi connectivity index (χ1v) is 14.1. The Bertz CT molecular complexity index is 2460. The van der Waals surface area contributed by atoms with E-state index in [-0.39, 0.29) is 0 Å². The minimum absolute atomic E-state index is 1.30. The van der Waals surface area contributed by atoms with Gasteiger partial charge in [0.05, 0.1) is 0 Å². The van der Waals surface area contributed by atoms with Gasteiger partial charge in [-0.3, -0.25) is 0 Å². The van der Waals surface area contributed by atoms with E-state index >= 15 is 0 Å². The van der Waals surface area contributed by atoms with Crippen LogP contribution in [0.1, 0.15) is 0 Å². The van der Waals surface area contributed by atoms with E-state index in [0.717, 1.165) is 0 Å². The Kier molecular flexibility index (Phi) is 3.22. The van der Waals surface area contributed by atoms with Crippen LogP contribution in [-0.4, -0.2) is 0 Å². The second kappa shape index (κ2) is 6.50. The zero-order valence-corrected chi connectivity index (χ0v) is 21.5. The van der Waals surface area contributed by atoms with Crippen molar-refractivity contribution in [1.82, 2.24) is 0 Å². The highest BCUT2D eigenvalue weighted by atomic mass is 14.3. The molecule has 0 atom stereocenters. The van der Waals surface area contributed by atoms with Gasteiger partial charge in [0, 0.05) is 0 Å². The molecule has 180 valence electrons. The van der Waals surface area contributed by atoms with Crippen molar-refractivity contribution in [2.45, 2.75) is 0 Å². The topological polar surface area (TPSA) is 0 Å². The molecular weight excluding hydrogens is 480 g/mol. The highest BCUT2D eigenvalue weighted by Crippen LogP contribution is 2.56. The van der Waals surface area contributed by atoms with Crippen LogP contribution in [0.25, 0.3) is 109 Å². The molecule has 0 unspecified atom stereocenters. The lowest BCUT2D eigenvalue weighted by Crippen LogP contribution is -1.88. The van der Waals surface area contributed by atoms with Gasteiger partial charge in [0.2, 0.25) is 0 Å². The van der Waals surface area contributed by atoms with Crippen LogP contribution in [0.4, 0.5) is 0 Å². The van der Waals surface area contributed by atoms with E-state index < -0.39 is 0 Å². The van der Waals surface area contributed by atoms with Gasteiger partial charge in [-0.2, -0.15) is 0 Å². The normalized spacial score (nSPS) is 13.0. The first kappa shape index (κ1) is 19.8. The highest BCUT2D eigenvalue weighted by molar-refractivity contribution is 6.40. The van der Waals surface area contributed by atoms with Crippen molar-refractivity contribution in [2.24, 2.45) is 0 Å². The van der Waals surface area contributed by atoms with Gasteiger partial charge in [0.1, 0.15) is 0 Å². The second-order valence-electron chi connectivity index (χ2n) is 11.6. The van der Waals surface area contributed by atoms with E-state index in [2.05, 4.69) is 121 Å². The summed E-state index contributed by atoms with van der Waals surface area (Å²) in [4.78, 5) is 0. The van der Waals surface area contributed by atoms with E-state index in [4.69, 9.17) is 0 Å². The third-order valence-corrected chi connectivity index (χ3v) is 9.83. The minimum atomic E-state index is 1.30. The first-order chi connectivity index (χ1) is 19.8. The van der Waals surface area contributed by atoms with E-state index in [9.17, 15) is 0 Å². The fourth-order valence-corrected chi connectivity index (χ4v) is 8.18. The maximum Gasteiger partial charge on any atom is -0.00139 e. The molecular formula is C40H20. The lowest BCUT2D eigenvalue weighted by Gasteiger charge is -2.16. The van der Waals surface area contributed by atoms with Gasteiger partial charge in [-0.15, -0.1) is 0 Å². The summed E-state index contributed by atoms with van der Waals surface area (Å²) in [6.45, 7) is 0. The molecule has 0 bridgehead atoms. The first-order valence-electron chi connectivity index (χ1n) is 14.1. The van der Waals surface area contributed by atoms with Gasteiger partial charge in [-0.25, -0.2) is 0 Å². The Hall–Kier alpha value is -5.20. The lowest BCUT2D eigenvalue weighted by atomic mass is 9.86. The Balaban J connectivity index is 1.29. The van der Waals surface area contributed by atoms with Crippen molar-refractivity contribution >= 4 is 64.6 Å². The van der Waals surface area contributed by atoms with Crippen LogP contribution < -0.4 is 0 Å². The van der Waals surface area contributed by atoms with Gasteiger partial charge in [-0.05, 0) is 133 Å². The largest absolute Gasteiger partial charge is 0.0616 e. The van der Waals surface area contributed by atoms with Gasteiger partial charge in [-0.1, -0.05) is 97.1 Å². The molecule has 0 heterocycles. The molecule has 9 aromatic carbocycles. The number of benzene rings is 9. The predicted molar refractivity (Wildman–Crippen MR) is 172 cm³/mol. The molecule has 0 amide bonds. The van der Waals surface area contributed by atoms with Crippen molar-refractivity contribution in [3.05, 3.63) is 121 Å². The van der Waals surface area contributed by atoms with E-state index in [1.54, 1.807) is 0 Å². The van der Waals surface area contributed by atoms with Crippen molar-refractivity contribution in [2.75, 3.05) is 0 Å². The van der Waals surface area contributed by atoms with Crippen molar-refractivity contribution in [3.8, 4) is 44.5 Å². The molecule has 0 fully saturated rings. The summed E-state index contributed by atoms with van der Waals surface area (Å²) in [5.41, 5.74) is 10.9. The van der Waals surface area contributed by atoms with Crippen LogP contribution in [0.3, 0.4) is 0 Å². The van der Waals surface area contributed by atoms with Crippen LogP contribution >= 0.6 is 0 Å². The van der Waals surface area contributed by atoms with E-state index in [0.29, 0.717) is 0 Å². The third kappa shape index (κ3) is 2.13. The Morgan fingerprint density at radius 3 is 1.02 bits per heavy atom. The third-order valence-electron chi connectivity index (χ3n) is 9.83. The van der Waals surface area contributed by atoms with Crippen molar-refractivity contribution < 1.29 is 0 Å². The molecule has 2 aliphatic rings. The molecule has 0 nitrogen and oxygen atoms in total. The van der Waals surface area contributed by atoms with Crippen LogP contribution in [0.15, 0.2) is 121 Å². The summed E-state index contributed by atoms with van der Waals surface area (Å²) >= 11 is 0. The molecule has 0 N–H and O–H groups in total. The maximum atomic E-state index is 2.42. The standard InChI is InChI=1S/C40H20/c1-2-6-22-18-24-20-36-34-16-14-32-30-12-10-28-26-8-4-3-7-25(26)27-9-11-29(38(30)37(27)28)31-13-15-33(40(34)39(31)32)35(36)19-23(24)17-21(22)5-1/h1-20H. The predicted octanol–water partition coefficient (Wildman–Crippen LogP) is 11.3. The van der Waals surface area contributed by atoms with Crippen LogP contribution in [0.2, 0.25) is 0 Å². The minimum Gasteiger partial charge on any atom is -0.0616 e. The maximum absolute atomic E-state index is 2.42. The molecule has 0 aliphatic heterocycles. The highest BCUT2D eigenvalue weighted by Gasteiger charge is 2.28. The fourth-order valence-electron chi connectivity index (χ4n) is 8.18. The number of hydrogen-bond acceptors (Lipinski definition) is 0. The quantitative estimate of drug-likeness (QED) is 0.143. The lowest BCUT2D eigenvalue weighted by molar-refractivity contribution is 1.70. The zero-order valence-electron chi connectivity index (χ0n) is 21.5. The molecule has 9 aromatic rings. The molecule has 2 aliphatic carbocycles. The van der Waals surface area contributed by atoms with Gasteiger partial charge in [0.25, 0.3) is 0 Å². The average Bonchev–Trinajstić information content (AvgIpc) is 3.50. The SMILES string of the molecule is c1ccc2c(c1)-c1ccc3c4ccc5c6c(ccc(c7ccc-2c1c37)c64)-c1cc2cc3ccccc3cc2cc1-5. The molecule has 0 aromatic heterocycles. The molecule has 0 saturated heterocycles. The molecule has 11 rings (SSSR count). The average molecular weight is 501 g/mol. The van der Waals surface area contributed by atoms with Crippen LogP contribution in [-0.2, 0) is 0 Å². The number of fused-ring (bicyclic) bond motifs is 10. The summed E-state index contributed by atoms with van der Waals surface area (Å²) in [6, 6.07) is 46.1. The summed E-state index contributed by atoms with van der Waals surface area (Å²) in [5.74, 6) is 0. The summed E-state index contributed by atoms with van der Waals surface area (Å²) in [6.07, 6.45) is 0. The van der Waals surface area contributed by atoms with Crippen LogP contribution in [0.5, 0.6) is 0 Å². The van der Waals surface area contributed by atoms with E-state index in [1.165, 1.54) is 109 Å². The van der Waals surface area contributed by atoms with Gasteiger partial charge >= 0.3 is 0 Å². The summed E-state index contributed by atoms with van der Waals surface area (Å²) < 4.78 is 0. The summed E-state index contributed by atoms with van der Waals surface area (Å²) in [7, 11) is 0. The molecule has 0 spiro atoms. The Labute approximate surface area is 230 Å². The fraction of sp³-hybridized carbons (Fsp3) is 0. The van der Waals surface area contributed by atoms with Crippen molar-refractivity contribution in [3.63, 3.8) is 0 Å². The van der Waals surface area contributed by atoms with Crippen molar-refractivity contribution in [1.29, 1.82) is 0 Å². The van der Waals surface area contributed by atoms with Crippen LogP contribution in [0, 0.1) is 0 Å². The number of hydrogen-bond donors (Lipinski definition) is 0. The Morgan fingerprint density at radius 1 is 0.225 bits per heavy atom. The molecule has 0 radical (unpaired) electrons. The summed E-state index contributed by atoms with van der Waals surface area (Å²) in [5, 5.41) is 16.3. The number of rotatable bonds is 0. The zero-order chi connectivity index (χ0) is 25.7. The van der Waals surface area contributed by atoms with Gasteiger partial charge in [0.15, 0.2) is 0 Å². The second-order valence-corrected chi connectivity index (χ2v) is 11.6. The smallest absolute Gasteiger partial charge is 0.00139 e. The van der Waals surface area contributed by atoms with E-state index in [1.807, 2.05) is 0 Å². The Morgan fingerprint density at radius 2 is 0.600 bits per heavy atom. The molecule has 40 heavy (non-hydrogen) atoms. The molecule has 0 heteroatoms. The van der Waals surface area contributed by atoms with Gasteiger partial charge < -0.3 is 0 Å². The monoisotopic (exact) mass is 500 g/mol.